The summed E-state index contributed by atoms with van der Waals surface area (Å²) in [4.78, 5) is 14.6. The van der Waals surface area contributed by atoms with E-state index in [4.69, 9.17) is 0 Å². The third kappa shape index (κ3) is 2.04. The number of nitrogens with zero attached hydrogens (tertiary/aromatic N) is 1. The van der Waals surface area contributed by atoms with Gasteiger partial charge in [0, 0.05) is 17.1 Å². The molecule has 1 atom stereocenters. The molecule has 1 spiro atoms. The molecule has 112 valence electrons. The monoisotopic (exact) mass is 283 g/mol. The number of carbonyl (C=O) groups excluding carboxylic acids is 1. The Morgan fingerprint density at radius 2 is 1.95 bits per heavy atom. The SMILES string of the molecule is C=CC(=O)N1c2ccccc2C2(CCCCC2)C1C(C)C. The second kappa shape index (κ2) is 5.32. The summed E-state index contributed by atoms with van der Waals surface area (Å²) < 4.78 is 0. The first-order chi connectivity index (χ1) is 10.1. The van der Waals surface area contributed by atoms with Crippen molar-refractivity contribution in [3.8, 4) is 0 Å². The Hall–Kier alpha value is -1.57. The minimum Gasteiger partial charge on any atom is -0.304 e. The normalized spacial score (nSPS) is 23.4. The maximum atomic E-state index is 12.5. The molecule has 0 saturated heterocycles. The zero-order valence-electron chi connectivity index (χ0n) is 13.1. The third-order valence-electron chi connectivity index (χ3n) is 5.33. The molecule has 1 aliphatic carbocycles. The molecule has 0 radical (unpaired) electrons. The van der Waals surface area contributed by atoms with Crippen molar-refractivity contribution in [1.82, 2.24) is 0 Å². The van der Waals surface area contributed by atoms with Crippen LogP contribution in [0.5, 0.6) is 0 Å². The number of hydrogen-bond donors (Lipinski definition) is 0. The van der Waals surface area contributed by atoms with E-state index in [1.54, 1.807) is 0 Å². The van der Waals surface area contributed by atoms with E-state index in [2.05, 4.69) is 38.6 Å². The Morgan fingerprint density at radius 3 is 2.57 bits per heavy atom. The summed E-state index contributed by atoms with van der Waals surface area (Å²) >= 11 is 0. The highest BCUT2D eigenvalue weighted by molar-refractivity contribution is 6.04. The largest absolute Gasteiger partial charge is 0.304 e. The van der Waals surface area contributed by atoms with Gasteiger partial charge in [-0.25, -0.2) is 0 Å². The predicted molar refractivity (Wildman–Crippen MR) is 87.5 cm³/mol. The van der Waals surface area contributed by atoms with Gasteiger partial charge in [0.1, 0.15) is 0 Å². The number of anilines is 1. The molecule has 2 heteroatoms. The highest BCUT2D eigenvalue weighted by Crippen LogP contribution is 2.54. The zero-order valence-corrected chi connectivity index (χ0v) is 13.1. The number of para-hydroxylation sites is 1. The van der Waals surface area contributed by atoms with E-state index < -0.39 is 0 Å². The minimum absolute atomic E-state index is 0.0450. The van der Waals surface area contributed by atoms with E-state index in [1.165, 1.54) is 43.7 Å². The summed E-state index contributed by atoms with van der Waals surface area (Å²) in [6.45, 7) is 8.21. The molecule has 0 N–H and O–H groups in total. The average molecular weight is 283 g/mol. The fourth-order valence-electron chi connectivity index (χ4n) is 4.70. The number of hydrogen-bond acceptors (Lipinski definition) is 1. The van der Waals surface area contributed by atoms with Crippen LogP contribution in [-0.2, 0) is 10.2 Å². The van der Waals surface area contributed by atoms with Crippen LogP contribution in [0, 0.1) is 5.92 Å². The van der Waals surface area contributed by atoms with Gasteiger partial charge < -0.3 is 4.90 Å². The molecule has 21 heavy (non-hydrogen) atoms. The smallest absolute Gasteiger partial charge is 0.250 e. The third-order valence-corrected chi connectivity index (χ3v) is 5.33. The lowest BCUT2D eigenvalue weighted by Gasteiger charge is -2.43. The fraction of sp³-hybridized carbons (Fsp3) is 0.526. The van der Waals surface area contributed by atoms with Gasteiger partial charge >= 0.3 is 0 Å². The van der Waals surface area contributed by atoms with Gasteiger partial charge in [0.15, 0.2) is 0 Å². The molecule has 1 fully saturated rings. The van der Waals surface area contributed by atoms with Crippen LogP contribution in [0.3, 0.4) is 0 Å². The highest BCUT2D eigenvalue weighted by Gasteiger charge is 2.53. The van der Waals surface area contributed by atoms with Crippen LogP contribution >= 0.6 is 0 Å². The number of fused-ring (bicyclic) bond motifs is 2. The number of rotatable bonds is 2. The molecule has 1 aliphatic heterocycles. The van der Waals surface area contributed by atoms with Crippen molar-refractivity contribution in [2.45, 2.75) is 57.4 Å². The lowest BCUT2D eigenvalue weighted by atomic mass is 9.64. The van der Waals surface area contributed by atoms with Gasteiger partial charge in [-0.2, -0.15) is 0 Å². The molecular weight excluding hydrogens is 258 g/mol. The molecule has 1 amide bonds. The second-order valence-electron chi connectivity index (χ2n) is 6.84. The molecule has 0 aromatic heterocycles. The Morgan fingerprint density at radius 1 is 1.29 bits per heavy atom. The maximum absolute atomic E-state index is 12.5. The molecule has 2 aliphatic rings. The van der Waals surface area contributed by atoms with Crippen LogP contribution in [0.25, 0.3) is 0 Å². The Bertz CT molecular complexity index is 554. The van der Waals surface area contributed by atoms with E-state index in [-0.39, 0.29) is 17.4 Å². The molecule has 0 bridgehead atoms. The number of amides is 1. The van der Waals surface area contributed by atoms with Crippen LogP contribution in [0.4, 0.5) is 5.69 Å². The Kier molecular flexibility index (Phi) is 3.64. The predicted octanol–water partition coefficient (Wildman–Crippen LogP) is 4.45. The van der Waals surface area contributed by atoms with Crippen molar-refractivity contribution in [3.05, 3.63) is 42.5 Å². The highest BCUT2D eigenvalue weighted by atomic mass is 16.2. The van der Waals surface area contributed by atoms with E-state index in [1.807, 2.05) is 11.0 Å². The molecule has 3 rings (SSSR count). The van der Waals surface area contributed by atoms with Crippen molar-refractivity contribution < 1.29 is 4.79 Å². The lowest BCUT2D eigenvalue weighted by Crippen LogP contribution is -2.51. The van der Waals surface area contributed by atoms with Gasteiger partial charge in [0.25, 0.3) is 5.91 Å². The summed E-state index contributed by atoms with van der Waals surface area (Å²) in [7, 11) is 0. The maximum Gasteiger partial charge on any atom is 0.250 e. The summed E-state index contributed by atoms with van der Waals surface area (Å²) in [6, 6.07) is 8.78. The molecule has 1 saturated carbocycles. The van der Waals surface area contributed by atoms with E-state index >= 15 is 0 Å². The first-order valence-corrected chi connectivity index (χ1v) is 8.17. The van der Waals surface area contributed by atoms with Crippen LogP contribution in [0.1, 0.15) is 51.5 Å². The summed E-state index contributed by atoms with van der Waals surface area (Å²) in [5.41, 5.74) is 2.66. The van der Waals surface area contributed by atoms with Crippen LogP contribution in [-0.4, -0.2) is 11.9 Å². The van der Waals surface area contributed by atoms with Gasteiger partial charge in [-0.3, -0.25) is 4.79 Å². The topological polar surface area (TPSA) is 20.3 Å². The van der Waals surface area contributed by atoms with Gasteiger partial charge in [0.2, 0.25) is 0 Å². The van der Waals surface area contributed by atoms with E-state index in [0.29, 0.717) is 5.92 Å². The molecule has 2 nitrogen and oxygen atoms in total. The van der Waals surface area contributed by atoms with E-state index in [0.717, 1.165) is 5.69 Å². The van der Waals surface area contributed by atoms with Crippen molar-refractivity contribution in [3.63, 3.8) is 0 Å². The average Bonchev–Trinajstić information content (AvgIpc) is 2.78. The molecule has 1 unspecified atom stereocenters. The minimum atomic E-state index is 0.0450. The number of benzene rings is 1. The Balaban J connectivity index is 2.19. The summed E-state index contributed by atoms with van der Waals surface area (Å²) in [5, 5.41) is 0. The van der Waals surface area contributed by atoms with Crippen LogP contribution < -0.4 is 4.90 Å². The molecule has 1 heterocycles. The van der Waals surface area contributed by atoms with Crippen molar-refractivity contribution in [2.75, 3.05) is 4.90 Å². The van der Waals surface area contributed by atoms with Crippen molar-refractivity contribution in [2.24, 2.45) is 5.92 Å². The van der Waals surface area contributed by atoms with Gasteiger partial charge in [-0.1, -0.05) is 57.9 Å². The van der Waals surface area contributed by atoms with Crippen molar-refractivity contribution in [1.29, 1.82) is 0 Å². The van der Waals surface area contributed by atoms with Crippen LogP contribution in [0.2, 0.25) is 0 Å². The quantitative estimate of drug-likeness (QED) is 0.734. The first kappa shape index (κ1) is 14.4. The summed E-state index contributed by atoms with van der Waals surface area (Å²) in [5.74, 6) is 0.489. The second-order valence-corrected chi connectivity index (χ2v) is 6.84. The first-order valence-electron chi connectivity index (χ1n) is 8.17. The Labute approximate surface area is 127 Å². The van der Waals surface area contributed by atoms with Crippen molar-refractivity contribution >= 4 is 11.6 Å². The van der Waals surface area contributed by atoms with Gasteiger partial charge in [-0.15, -0.1) is 0 Å². The molecule has 1 aromatic carbocycles. The number of carbonyl (C=O) groups is 1. The fourth-order valence-corrected chi connectivity index (χ4v) is 4.70. The van der Waals surface area contributed by atoms with Gasteiger partial charge in [0.05, 0.1) is 0 Å². The van der Waals surface area contributed by atoms with Gasteiger partial charge in [-0.05, 0) is 36.5 Å². The lowest BCUT2D eigenvalue weighted by molar-refractivity contribution is -0.115. The summed E-state index contributed by atoms with van der Waals surface area (Å²) in [6.07, 6.45) is 7.74. The molecule has 1 aromatic rings. The zero-order chi connectivity index (χ0) is 15.0. The molecular formula is C19H25NO. The standard InChI is InChI=1S/C19H25NO/c1-4-17(21)20-16-11-7-6-10-15(16)19(18(20)14(2)3)12-8-5-9-13-19/h4,6-7,10-11,14,18H,1,5,8-9,12-13H2,2-3H3. The van der Waals surface area contributed by atoms with E-state index in [9.17, 15) is 4.79 Å². The van der Waals surface area contributed by atoms with Crippen LogP contribution in [0.15, 0.2) is 36.9 Å².